The highest BCUT2D eigenvalue weighted by molar-refractivity contribution is 8.03. The predicted molar refractivity (Wildman–Crippen MR) is 69.2 cm³/mol. The van der Waals surface area contributed by atoms with Gasteiger partial charge in [-0.15, -0.1) is 0 Å². The van der Waals surface area contributed by atoms with Crippen LogP contribution in [0.4, 0.5) is 0 Å². The Morgan fingerprint density at radius 1 is 1.58 bits per heavy atom. The maximum atomic E-state index is 11.1. The molecule has 0 unspecified atom stereocenters. The van der Waals surface area contributed by atoms with Gasteiger partial charge in [0, 0.05) is 5.56 Å². The number of thiocyanates is 1. The third kappa shape index (κ3) is 3.12. The molecule has 0 saturated heterocycles. The highest BCUT2D eigenvalue weighted by Gasteiger charge is 2.20. The smallest absolute Gasteiger partial charge is 0.343 e. The summed E-state index contributed by atoms with van der Waals surface area (Å²) in [6, 6.07) is 3.53. The number of nitriles is 1. The summed E-state index contributed by atoms with van der Waals surface area (Å²) in [6.07, 6.45) is 1.70. The molecule has 0 fully saturated rings. The zero-order valence-electron chi connectivity index (χ0n) is 10.5. The summed E-state index contributed by atoms with van der Waals surface area (Å²) in [5.74, 6) is 0.878. The lowest BCUT2D eigenvalue weighted by molar-refractivity contribution is -0.142. The molecular weight excluding hydrogens is 266 g/mol. The summed E-state index contributed by atoms with van der Waals surface area (Å²) < 4.78 is 15.6. The second-order valence-electron chi connectivity index (χ2n) is 3.88. The van der Waals surface area contributed by atoms with Gasteiger partial charge in [0.25, 0.3) is 0 Å². The summed E-state index contributed by atoms with van der Waals surface area (Å²) in [4.78, 5) is 11.9. The second-order valence-corrected chi connectivity index (χ2v) is 4.71. The van der Waals surface area contributed by atoms with E-state index in [1.165, 1.54) is 7.11 Å². The van der Waals surface area contributed by atoms with Crippen LogP contribution < -0.4 is 9.47 Å². The molecule has 0 spiro atoms. The number of esters is 1. The maximum absolute atomic E-state index is 11.1. The minimum absolute atomic E-state index is 0.131. The van der Waals surface area contributed by atoms with Crippen LogP contribution in [0.5, 0.6) is 11.5 Å². The van der Waals surface area contributed by atoms with Crippen LogP contribution >= 0.6 is 11.8 Å². The van der Waals surface area contributed by atoms with Gasteiger partial charge in [-0.1, -0.05) is 0 Å². The third-order valence-electron chi connectivity index (χ3n) is 2.73. The molecule has 0 radical (unpaired) electrons. The molecule has 1 aromatic carbocycles. The molecule has 6 heteroatoms. The van der Waals surface area contributed by atoms with Crippen molar-refractivity contribution in [3.05, 3.63) is 17.7 Å². The van der Waals surface area contributed by atoms with Gasteiger partial charge in [0.05, 0.1) is 18.6 Å². The fourth-order valence-corrected chi connectivity index (χ4v) is 2.38. The first-order valence-electron chi connectivity index (χ1n) is 5.80. The fraction of sp³-hybridized carbons (Fsp3) is 0.385. The lowest BCUT2D eigenvalue weighted by atomic mass is 10.1. The Morgan fingerprint density at radius 3 is 3.16 bits per heavy atom. The number of carbonyl (C=O) groups is 1. The van der Waals surface area contributed by atoms with Crippen LogP contribution in [-0.2, 0) is 16.0 Å². The number of rotatable bonds is 4. The average molecular weight is 279 g/mol. The van der Waals surface area contributed by atoms with E-state index in [4.69, 9.17) is 14.7 Å². The minimum Gasteiger partial charge on any atom is -0.492 e. The summed E-state index contributed by atoms with van der Waals surface area (Å²) in [5.41, 5.74) is 0.912. The van der Waals surface area contributed by atoms with Crippen molar-refractivity contribution in [1.82, 2.24) is 0 Å². The molecule has 19 heavy (non-hydrogen) atoms. The minimum atomic E-state index is -0.430. The van der Waals surface area contributed by atoms with Crippen LogP contribution in [-0.4, -0.2) is 26.3 Å². The van der Waals surface area contributed by atoms with E-state index < -0.39 is 5.97 Å². The topological polar surface area (TPSA) is 68.5 Å². The molecule has 100 valence electrons. The third-order valence-corrected chi connectivity index (χ3v) is 3.36. The first kappa shape index (κ1) is 13.6. The Morgan fingerprint density at radius 2 is 2.42 bits per heavy atom. The van der Waals surface area contributed by atoms with Crippen molar-refractivity contribution in [2.45, 2.75) is 17.7 Å². The Hall–Kier alpha value is -1.87. The van der Waals surface area contributed by atoms with Crippen molar-refractivity contribution in [2.75, 3.05) is 20.3 Å². The fourth-order valence-electron chi connectivity index (χ4n) is 1.87. The molecule has 5 nitrogen and oxygen atoms in total. The monoisotopic (exact) mass is 279 g/mol. The van der Waals surface area contributed by atoms with Gasteiger partial charge in [-0.05, 0) is 36.7 Å². The standard InChI is InChI=1S/C13H13NO4S/c1-16-12(15)7-18-10-4-5-11(19-8-14)13-9(10)3-2-6-17-13/h4-5H,2-3,6-7H2,1H3. The van der Waals surface area contributed by atoms with E-state index in [1.54, 1.807) is 12.1 Å². The van der Waals surface area contributed by atoms with Crippen LogP contribution in [0.25, 0.3) is 0 Å². The Kier molecular flexibility index (Phi) is 4.53. The van der Waals surface area contributed by atoms with Gasteiger partial charge in [-0.3, -0.25) is 0 Å². The summed E-state index contributed by atoms with van der Waals surface area (Å²) in [7, 11) is 1.32. The molecule has 0 aromatic heterocycles. The summed E-state index contributed by atoms with van der Waals surface area (Å²) in [6.45, 7) is 0.500. The number of hydrogen-bond acceptors (Lipinski definition) is 6. The maximum Gasteiger partial charge on any atom is 0.343 e. The molecule has 1 heterocycles. The number of methoxy groups -OCH3 is 1. The molecule has 2 rings (SSSR count). The van der Waals surface area contributed by atoms with Gasteiger partial charge in [-0.2, -0.15) is 5.26 Å². The molecule has 1 aliphatic rings. The van der Waals surface area contributed by atoms with Crippen LogP contribution in [0.2, 0.25) is 0 Å². The number of benzene rings is 1. The number of carbonyl (C=O) groups excluding carboxylic acids is 1. The van der Waals surface area contributed by atoms with E-state index >= 15 is 0 Å². The van der Waals surface area contributed by atoms with Crippen molar-refractivity contribution < 1.29 is 19.0 Å². The molecule has 0 N–H and O–H groups in total. The summed E-state index contributed by atoms with van der Waals surface area (Å²) in [5, 5.41) is 10.8. The van der Waals surface area contributed by atoms with Crippen LogP contribution in [0, 0.1) is 10.7 Å². The SMILES string of the molecule is COC(=O)COc1ccc(SC#N)c2c1CCCO2. The number of thioether (sulfide) groups is 1. The average Bonchev–Trinajstić information content (AvgIpc) is 2.46. The Balaban J connectivity index is 2.25. The van der Waals surface area contributed by atoms with Crippen molar-refractivity contribution in [2.24, 2.45) is 0 Å². The Labute approximate surface area is 115 Å². The number of fused-ring (bicyclic) bond motifs is 1. The van der Waals surface area contributed by atoms with E-state index in [1.807, 2.05) is 5.40 Å². The molecule has 0 aliphatic carbocycles. The van der Waals surface area contributed by atoms with Crippen LogP contribution in [0.3, 0.4) is 0 Å². The molecule has 0 atom stereocenters. The zero-order chi connectivity index (χ0) is 13.7. The quantitative estimate of drug-likeness (QED) is 0.478. The molecule has 0 amide bonds. The second kappa shape index (κ2) is 6.34. The van der Waals surface area contributed by atoms with Gasteiger partial charge in [-0.25, -0.2) is 4.79 Å². The molecule has 1 aliphatic heterocycles. The zero-order valence-corrected chi connectivity index (χ0v) is 11.3. The van der Waals surface area contributed by atoms with Gasteiger partial charge < -0.3 is 14.2 Å². The van der Waals surface area contributed by atoms with Gasteiger partial charge in [0.1, 0.15) is 16.9 Å². The van der Waals surface area contributed by atoms with E-state index in [-0.39, 0.29) is 6.61 Å². The first-order chi connectivity index (χ1) is 9.26. The van der Waals surface area contributed by atoms with Gasteiger partial charge in [0.2, 0.25) is 0 Å². The Bertz CT molecular complexity index is 524. The highest BCUT2D eigenvalue weighted by atomic mass is 32.2. The molecule has 1 aromatic rings. The number of nitrogens with zero attached hydrogens (tertiary/aromatic N) is 1. The van der Waals surface area contributed by atoms with Crippen molar-refractivity contribution in [1.29, 1.82) is 5.26 Å². The van der Waals surface area contributed by atoms with Gasteiger partial charge in [0.15, 0.2) is 6.61 Å². The summed E-state index contributed by atoms with van der Waals surface area (Å²) >= 11 is 1.06. The van der Waals surface area contributed by atoms with Crippen LogP contribution in [0.15, 0.2) is 17.0 Å². The predicted octanol–water partition coefficient (Wildman–Crippen LogP) is 2.14. The molecule has 0 bridgehead atoms. The number of hydrogen-bond donors (Lipinski definition) is 0. The van der Waals surface area contributed by atoms with E-state index in [9.17, 15) is 4.79 Å². The van der Waals surface area contributed by atoms with Gasteiger partial charge >= 0.3 is 5.97 Å². The van der Waals surface area contributed by atoms with E-state index in [2.05, 4.69) is 4.74 Å². The lowest BCUT2D eigenvalue weighted by Crippen LogP contribution is -2.15. The van der Waals surface area contributed by atoms with Crippen molar-refractivity contribution >= 4 is 17.7 Å². The van der Waals surface area contributed by atoms with Crippen LogP contribution in [0.1, 0.15) is 12.0 Å². The van der Waals surface area contributed by atoms with Crippen molar-refractivity contribution in [3.8, 4) is 16.9 Å². The van der Waals surface area contributed by atoms with E-state index in [0.717, 1.165) is 35.1 Å². The van der Waals surface area contributed by atoms with Crippen molar-refractivity contribution in [3.63, 3.8) is 0 Å². The lowest BCUT2D eigenvalue weighted by Gasteiger charge is -2.21. The molecule has 0 saturated carbocycles. The highest BCUT2D eigenvalue weighted by Crippen LogP contribution is 2.40. The molecular formula is C13H13NO4S. The van der Waals surface area contributed by atoms with E-state index in [0.29, 0.717) is 18.1 Å². The number of ether oxygens (including phenoxy) is 3. The normalized spacial score (nSPS) is 12.8. The first-order valence-corrected chi connectivity index (χ1v) is 6.62. The largest absolute Gasteiger partial charge is 0.492 e.